The SMILES string of the molecule is CNCC(C)NCc1ccc(=O)[nH]c1. The molecule has 0 aliphatic carbocycles. The van der Waals surface area contributed by atoms with Gasteiger partial charge in [0.1, 0.15) is 0 Å². The fraction of sp³-hybridized carbons (Fsp3) is 0.500. The minimum absolute atomic E-state index is 0.0583. The van der Waals surface area contributed by atoms with Crippen LogP contribution in [-0.2, 0) is 6.54 Å². The van der Waals surface area contributed by atoms with Gasteiger partial charge in [0.25, 0.3) is 0 Å². The topological polar surface area (TPSA) is 56.9 Å². The van der Waals surface area contributed by atoms with E-state index >= 15 is 0 Å². The lowest BCUT2D eigenvalue weighted by atomic mass is 10.2. The van der Waals surface area contributed by atoms with Crippen LogP contribution in [0.3, 0.4) is 0 Å². The Morgan fingerprint density at radius 3 is 2.86 bits per heavy atom. The third kappa shape index (κ3) is 3.72. The number of nitrogens with one attached hydrogen (secondary N) is 3. The maximum Gasteiger partial charge on any atom is 0.247 e. The number of H-pyrrole nitrogens is 1. The molecule has 0 fully saturated rings. The zero-order valence-electron chi connectivity index (χ0n) is 8.63. The molecule has 1 rings (SSSR count). The zero-order chi connectivity index (χ0) is 10.4. The highest BCUT2D eigenvalue weighted by Crippen LogP contribution is 1.92. The van der Waals surface area contributed by atoms with Crippen LogP contribution < -0.4 is 16.2 Å². The van der Waals surface area contributed by atoms with Crippen LogP contribution in [0.15, 0.2) is 23.1 Å². The highest BCUT2D eigenvalue weighted by Gasteiger charge is 1.99. The Bertz CT molecular complexity index is 301. The van der Waals surface area contributed by atoms with Gasteiger partial charge in [-0.1, -0.05) is 6.07 Å². The summed E-state index contributed by atoms with van der Waals surface area (Å²) in [6.07, 6.45) is 1.74. The number of aromatic amines is 1. The Morgan fingerprint density at radius 1 is 1.50 bits per heavy atom. The second-order valence-corrected chi connectivity index (χ2v) is 3.40. The van der Waals surface area contributed by atoms with Gasteiger partial charge in [0.05, 0.1) is 0 Å². The second-order valence-electron chi connectivity index (χ2n) is 3.40. The molecule has 4 heteroatoms. The fourth-order valence-electron chi connectivity index (χ4n) is 1.22. The third-order valence-electron chi connectivity index (χ3n) is 2.01. The first-order valence-corrected chi connectivity index (χ1v) is 4.78. The van der Waals surface area contributed by atoms with Crippen LogP contribution in [0, 0.1) is 0 Å². The number of likely N-dealkylation sites (N-methyl/N-ethyl adjacent to an activating group) is 1. The van der Waals surface area contributed by atoms with Crippen molar-refractivity contribution in [1.82, 2.24) is 15.6 Å². The van der Waals surface area contributed by atoms with Gasteiger partial charge >= 0.3 is 0 Å². The Morgan fingerprint density at radius 2 is 2.29 bits per heavy atom. The van der Waals surface area contributed by atoms with E-state index in [1.165, 1.54) is 0 Å². The van der Waals surface area contributed by atoms with Gasteiger partial charge in [-0.25, -0.2) is 0 Å². The highest BCUT2D eigenvalue weighted by atomic mass is 16.1. The standard InChI is InChI=1S/C10H17N3O/c1-8(5-11-2)12-6-9-3-4-10(14)13-7-9/h3-4,7-8,11-12H,5-6H2,1-2H3,(H,13,14). The largest absolute Gasteiger partial charge is 0.329 e. The lowest BCUT2D eigenvalue weighted by Gasteiger charge is -2.12. The Hall–Kier alpha value is -1.13. The van der Waals surface area contributed by atoms with E-state index in [0.29, 0.717) is 6.04 Å². The van der Waals surface area contributed by atoms with Gasteiger partial charge < -0.3 is 15.6 Å². The number of pyridine rings is 1. The quantitative estimate of drug-likeness (QED) is 0.623. The molecule has 1 aromatic rings. The number of hydrogen-bond donors (Lipinski definition) is 3. The Balaban J connectivity index is 2.38. The number of hydrogen-bond acceptors (Lipinski definition) is 3. The van der Waals surface area contributed by atoms with Gasteiger partial charge in [0.15, 0.2) is 0 Å². The van der Waals surface area contributed by atoms with Crippen molar-refractivity contribution in [2.45, 2.75) is 19.5 Å². The smallest absolute Gasteiger partial charge is 0.247 e. The van der Waals surface area contributed by atoms with E-state index in [1.807, 2.05) is 13.1 Å². The summed E-state index contributed by atoms with van der Waals surface area (Å²) in [5.41, 5.74) is 1.03. The molecule has 0 saturated heterocycles. The Kier molecular flexibility index (Phi) is 4.35. The molecule has 1 aromatic heterocycles. The summed E-state index contributed by atoms with van der Waals surface area (Å²) in [7, 11) is 1.93. The van der Waals surface area contributed by atoms with Crippen LogP contribution in [0.1, 0.15) is 12.5 Å². The molecule has 3 N–H and O–H groups in total. The van der Waals surface area contributed by atoms with Crippen molar-refractivity contribution >= 4 is 0 Å². The second kappa shape index (κ2) is 5.57. The van der Waals surface area contributed by atoms with Crippen LogP contribution in [0.5, 0.6) is 0 Å². The number of rotatable bonds is 5. The molecule has 4 nitrogen and oxygen atoms in total. The molecule has 0 amide bonds. The lowest BCUT2D eigenvalue weighted by Crippen LogP contribution is -2.34. The fourth-order valence-corrected chi connectivity index (χ4v) is 1.22. The average molecular weight is 195 g/mol. The molecule has 14 heavy (non-hydrogen) atoms. The van der Waals surface area contributed by atoms with Gasteiger partial charge in [-0.2, -0.15) is 0 Å². The first-order chi connectivity index (χ1) is 6.72. The summed E-state index contributed by atoms with van der Waals surface area (Å²) in [5.74, 6) is 0. The van der Waals surface area contributed by atoms with E-state index in [-0.39, 0.29) is 5.56 Å². The van der Waals surface area contributed by atoms with Crippen molar-refractivity contribution in [3.63, 3.8) is 0 Å². The van der Waals surface area contributed by atoms with Crippen LogP contribution >= 0.6 is 0 Å². The van der Waals surface area contributed by atoms with Crippen LogP contribution in [-0.4, -0.2) is 24.6 Å². The van der Waals surface area contributed by atoms with Crippen molar-refractivity contribution in [3.8, 4) is 0 Å². The van der Waals surface area contributed by atoms with Crippen LogP contribution in [0.4, 0.5) is 0 Å². The molecule has 0 aliphatic heterocycles. The lowest BCUT2D eigenvalue weighted by molar-refractivity contribution is 0.522. The summed E-state index contributed by atoms with van der Waals surface area (Å²) < 4.78 is 0. The van der Waals surface area contributed by atoms with Gasteiger partial charge in [0.2, 0.25) is 5.56 Å². The first kappa shape index (κ1) is 10.9. The van der Waals surface area contributed by atoms with Gasteiger partial charge in [-0.15, -0.1) is 0 Å². The molecule has 0 spiro atoms. The highest BCUT2D eigenvalue weighted by molar-refractivity contribution is 5.08. The molecular formula is C10H17N3O. The molecule has 0 bridgehead atoms. The molecule has 1 heterocycles. The molecule has 1 atom stereocenters. The van der Waals surface area contributed by atoms with E-state index < -0.39 is 0 Å². The normalized spacial score (nSPS) is 12.7. The van der Waals surface area contributed by atoms with Gasteiger partial charge in [0, 0.05) is 31.4 Å². The summed E-state index contributed by atoms with van der Waals surface area (Å²) in [4.78, 5) is 13.4. The maximum absolute atomic E-state index is 10.8. The maximum atomic E-state index is 10.8. The van der Waals surface area contributed by atoms with E-state index in [9.17, 15) is 4.79 Å². The summed E-state index contributed by atoms with van der Waals surface area (Å²) in [6, 6.07) is 3.80. The van der Waals surface area contributed by atoms with Crippen molar-refractivity contribution in [3.05, 3.63) is 34.2 Å². The number of aromatic nitrogens is 1. The summed E-state index contributed by atoms with van der Waals surface area (Å²) in [6.45, 7) is 3.82. The summed E-state index contributed by atoms with van der Waals surface area (Å²) in [5, 5.41) is 6.43. The van der Waals surface area contributed by atoms with Gasteiger partial charge in [-0.05, 0) is 19.5 Å². The van der Waals surface area contributed by atoms with Crippen LogP contribution in [0.2, 0.25) is 0 Å². The molecule has 0 radical (unpaired) electrons. The summed E-state index contributed by atoms with van der Waals surface area (Å²) >= 11 is 0. The monoisotopic (exact) mass is 195 g/mol. The van der Waals surface area contributed by atoms with Crippen molar-refractivity contribution < 1.29 is 0 Å². The van der Waals surface area contributed by atoms with E-state index in [4.69, 9.17) is 0 Å². The zero-order valence-corrected chi connectivity index (χ0v) is 8.63. The average Bonchev–Trinajstić information content (AvgIpc) is 2.17. The first-order valence-electron chi connectivity index (χ1n) is 4.78. The van der Waals surface area contributed by atoms with Gasteiger partial charge in [-0.3, -0.25) is 4.79 Å². The minimum atomic E-state index is -0.0583. The van der Waals surface area contributed by atoms with Crippen molar-refractivity contribution in [2.24, 2.45) is 0 Å². The van der Waals surface area contributed by atoms with Crippen molar-refractivity contribution in [1.29, 1.82) is 0 Å². The van der Waals surface area contributed by atoms with E-state index in [2.05, 4.69) is 22.5 Å². The predicted octanol–water partition coefficient (Wildman–Crippen LogP) is 0.0724. The Labute approximate surface area is 83.7 Å². The predicted molar refractivity (Wildman–Crippen MR) is 57.3 cm³/mol. The van der Waals surface area contributed by atoms with Crippen molar-refractivity contribution in [2.75, 3.05) is 13.6 Å². The molecule has 0 aliphatic rings. The van der Waals surface area contributed by atoms with Crippen LogP contribution in [0.25, 0.3) is 0 Å². The molecule has 0 aromatic carbocycles. The molecule has 0 saturated carbocycles. The van der Waals surface area contributed by atoms with E-state index in [1.54, 1.807) is 12.3 Å². The van der Waals surface area contributed by atoms with E-state index in [0.717, 1.165) is 18.7 Å². The third-order valence-corrected chi connectivity index (χ3v) is 2.01. The molecular weight excluding hydrogens is 178 g/mol. The minimum Gasteiger partial charge on any atom is -0.329 e. The molecule has 78 valence electrons. The molecule has 1 unspecified atom stereocenters.